The predicted octanol–water partition coefficient (Wildman–Crippen LogP) is 3.40. The van der Waals surface area contributed by atoms with Gasteiger partial charge in [-0.3, -0.25) is 5.01 Å². The summed E-state index contributed by atoms with van der Waals surface area (Å²) in [6, 6.07) is 10.1. The number of nitrogens with two attached hydrogens (primary N) is 1. The van der Waals surface area contributed by atoms with E-state index in [2.05, 4.69) is 22.5 Å². The highest BCUT2D eigenvalue weighted by atomic mass is 79.9. The van der Waals surface area contributed by atoms with Crippen LogP contribution >= 0.6 is 15.9 Å². The zero-order valence-electron chi connectivity index (χ0n) is 9.07. The Hall–Kier alpha value is -1.32. The van der Waals surface area contributed by atoms with Crippen LogP contribution in [0, 0.1) is 0 Å². The quantitative estimate of drug-likeness (QED) is 0.797. The molecule has 0 aliphatic carbocycles. The first-order valence-electron chi connectivity index (χ1n) is 4.99. The molecule has 1 aliphatic rings. The molecule has 0 saturated carbocycles. The van der Waals surface area contributed by atoms with Crippen molar-refractivity contribution < 1.29 is 0 Å². The Balaban J connectivity index is 2.55. The van der Waals surface area contributed by atoms with Crippen LogP contribution < -0.4 is 5.84 Å². The molecule has 1 heterocycles. The third-order valence-corrected chi connectivity index (χ3v) is 3.26. The molecule has 16 heavy (non-hydrogen) atoms. The van der Waals surface area contributed by atoms with Crippen molar-refractivity contribution in [3.63, 3.8) is 0 Å². The van der Waals surface area contributed by atoms with Crippen molar-refractivity contribution in [3.05, 3.63) is 64.3 Å². The number of allylic oxidation sites excluding steroid dienone is 3. The molecule has 1 aromatic rings. The third kappa shape index (κ3) is 1.84. The van der Waals surface area contributed by atoms with E-state index in [0.717, 1.165) is 27.0 Å². The molecule has 0 spiro atoms. The second-order valence-electron chi connectivity index (χ2n) is 3.71. The summed E-state index contributed by atoms with van der Waals surface area (Å²) in [7, 11) is 0. The van der Waals surface area contributed by atoms with Crippen LogP contribution in [0.4, 0.5) is 0 Å². The molecule has 2 N–H and O–H groups in total. The summed E-state index contributed by atoms with van der Waals surface area (Å²) in [4.78, 5) is 0. The Morgan fingerprint density at radius 1 is 1.25 bits per heavy atom. The number of hydrogen-bond donors (Lipinski definition) is 1. The largest absolute Gasteiger partial charge is 0.278 e. The van der Waals surface area contributed by atoms with Crippen molar-refractivity contribution >= 4 is 21.6 Å². The highest BCUT2D eigenvalue weighted by molar-refractivity contribution is 9.12. The minimum absolute atomic E-state index is 0.768. The number of rotatable bonds is 1. The molecule has 0 radical (unpaired) electrons. The van der Waals surface area contributed by atoms with Gasteiger partial charge in [-0.05, 0) is 40.1 Å². The van der Waals surface area contributed by atoms with Crippen molar-refractivity contribution in [1.29, 1.82) is 0 Å². The van der Waals surface area contributed by atoms with E-state index >= 15 is 0 Å². The second kappa shape index (κ2) is 4.28. The molecule has 82 valence electrons. The monoisotopic (exact) mass is 276 g/mol. The van der Waals surface area contributed by atoms with Crippen LogP contribution in [0.15, 0.2) is 58.7 Å². The number of halogens is 1. The van der Waals surface area contributed by atoms with Gasteiger partial charge < -0.3 is 0 Å². The maximum Gasteiger partial charge on any atom is 0.0677 e. The van der Waals surface area contributed by atoms with E-state index in [4.69, 9.17) is 5.84 Å². The van der Waals surface area contributed by atoms with Crippen molar-refractivity contribution in [2.45, 2.75) is 6.92 Å². The molecule has 0 atom stereocenters. The molecule has 3 heteroatoms. The standard InChI is InChI=1S/C13H13BrN2/c1-9-8-12(14)10(2)16(15)13(9)11-6-4-3-5-7-11/h3-8H,2,15H2,1H3. The minimum Gasteiger partial charge on any atom is -0.278 e. The molecule has 0 saturated heterocycles. The predicted molar refractivity (Wildman–Crippen MR) is 71.2 cm³/mol. The van der Waals surface area contributed by atoms with Crippen LogP contribution in [0.1, 0.15) is 12.5 Å². The summed E-state index contributed by atoms with van der Waals surface area (Å²) in [6.45, 7) is 5.98. The topological polar surface area (TPSA) is 29.3 Å². The summed E-state index contributed by atoms with van der Waals surface area (Å²) < 4.78 is 0.923. The summed E-state index contributed by atoms with van der Waals surface area (Å²) >= 11 is 3.44. The molecule has 1 aliphatic heterocycles. The van der Waals surface area contributed by atoms with Gasteiger partial charge >= 0.3 is 0 Å². The SMILES string of the molecule is C=C1C(Br)=CC(C)=C(c2ccccc2)N1N. The minimum atomic E-state index is 0.768. The van der Waals surface area contributed by atoms with Gasteiger partial charge in [0.15, 0.2) is 0 Å². The van der Waals surface area contributed by atoms with Gasteiger partial charge in [-0.15, -0.1) is 0 Å². The van der Waals surface area contributed by atoms with Crippen LogP contribution in [0.25, 0.3) is 5.70 Å². The van der Waals surface area contributed by atoms with E-state index in [-0.39, 0.29) is 0 Å². The third-order valence-electron chi connectivity index (χ3n) is 2.57. The van der Waals surface area contributed by atoms with Crippen molar-refractivity contribution in [2.75, 3.05) is 0 Å². The van der Waals surface area contributed by atoms with Gasteiger partial charge in [-0.2, -0.15) is 0 Å². The van der Waals surface area contributed by atoms with Crippen LogP contribution in [-0.4, -0.2) is 5.01 Å². The van der Waals surface area contributed by atoms with E-state index in [1.807, 2.05) is 43.3 Å². The highest BCUT2D eigenvalue weighted by Gasteiger charge is 2.19. The molecule has 2 nitrogen and oxygen atoms in total. The summed E-state index contributed by atoms with van der Waals surface area (Å²) in [5.74, 6) is 6.04. The lowest BCUT2D eigenvalue weighted by molar-refractivity contribution is 0.528. The second-order valence-corrected chi connectivity index (χ2v) is 4.56. The summed E-state index contributed by atoms with van der Waals surface area (Å²) in [5, 5.41) is 1.62. The van der Waals surface area contributed by atoms with Gasteiger partial charge in [-0.25, -0.2) is 5.84 Å². The Morgan fingerprint density at radius 2 is 1.88 bits per heavy atom. The van der Waals surface area contributed by atoms with Gasteiger partial charge in [0.2, 0.25) is 0 Å². The molecule has 0 unspecified atom stereocenters. The van der Waals surface area contributed by atoms with E-state index in [1.54, 1.807) is 5.01 Å². The summed E-state index contributed by atoms with van der Waals surface area (Å²) in [5.41, 5.74) is 3.98. The number of hydrazine groups is 1. The number of hydrogen-bond acceptors (Lipinski definition) is 2. The van der Waals surface area contributed by atoms with Crippen molar-refractivity contribution in [1.82, 2.24) is 5.01 Å². The van der Waals surface area contributed by atoms with Gasteiger partial charge in [0.1, 0.15) is 0 Å². The number of benzene rings is 1. The lowest BCUT2D eigenvalue weighted by atomic mass is 10.0. The average Bonchev–Trinajstić information content (AvgIpc) is 2.28. The first-order chi connectivity index (χ1) is 7.61. The van der Waals surface area contributed by atoms with Crippen molar-refractivity contribution in [3.8, 4) is 0 Å². The van der Waals surface area contributed by atoms with Crippen molar-refractivity contribution in [2.24, 2.45) is 5.84 Å². The van der Waals surface area contributed by atoms with Gasteiger partial charge in [0, 0.05) is 4.48 Å². The Labute approximate surface area is 104 Å². The van der Waals surface area contributed by atoms with Gasteiger partial charge in [-0.1, -0.05) is 36.9 Å². The van der Waals surface area contributed by atoms with E-state index in [1.165, 1.54) is 0 Å². The maximum atomic E-state index is 6.04. The first-order valence-corrected chi connectivity index (χ1v) is 5.78. The normalized spacial score (nSPS) is 16.6. The molecule has 0 aromatic heterocycles. The lowest BCUT2D eigenvalue weighted by Crippen LogP contribution is -2.30. The number of nitrogens with zero attached hydrogens (tertiary/aromatic N) is 1. The molecular weight excluding hydrogens is 264 g/mol. The average molecular weight is 277 g/mol. The molecule has 1 aromatic carbocycles. The fourth-order valence-corrected chi connectivity index (χ4v) is 2.28. The first kappa shape index (κ1) is 11.2. The molecule has 2 rings (SSSR count). The zero-order valence-corrected chi connectivity index (χ0v) is 10.7. The maximum absolute atomic E-state index is 6.04. The Kier molecular flexibility index (Phi) is 2.99. The lowest BCUT2D eigenvalue weighted by Gasteiger charge is -2.29. The van der Waals surface area contributed by atoms with E-state index < -0.39 is 0 Å². The van der Waals surface area contributed by atoms with Crippen LogP contribution in [0.3, 0.4) is 0 Å². The smallest absolute Gasteiger partial charge is 0.0677 e. The molecular formula is C13H13BrN2. The van der Waals surface area contributed by atoms with Gasteiger partial charge in [0.25, 0.3) is 0 Å². The molecule has 0 bridgehead atoms. The Bertz CT molecular complexity index is 486. The molecule has 0 fully saturated rings. The van der Waals surface area contributed by atoms with Crippen LogP contribution in [0.2, 0.25) is 0 Å². The van der Waals surface area contributed by atoms with Crippen LogP contribution in [0.5, 0.6) is 0 Å². The highest BCUT2D eigenvalue weighted by Crippen LogP contribution is 2.34. The van der Waals surface area contributed by atoms with E-state index in [9.17, 15) is 0 Å². The zero-order chi connectivity index (χ0) is 11.7. The van der Waals surface area contributed by atoms with E-state index in [0.29, 0.717) is 0 Å². The van der Waals surface area contributed by atoms with Gasteiger partial charge in [0.05, 0.1) is 11.4 Å². The van der Waals surface area contributed by atoms with Crippen LogP contribution in [-0.2, 0) is 0 Å². The fourth-order valence-electron chi connectivity index (χ4n) is 1.74. The summed E-state index contributed by atoms with van der Waals surface area (Å²) in [6.07, 6.45) is 2.04. The molecule has 0 amide bonds. The fraction of sp³-hybridized carbons (Fsp3) is 0.0769. The Morgan fingerprint density at radius 3 is 2.50 bits per heavy atom.